The molecule has 0 unspecified atom stereocenters. The lowest BCUT2D eigenvalue weighted by molar-refractivity contribution is 1.48. The topological polar surface area (TPSA) is 24.7 Å². The summed E-state index contributed by atoms with van der Waals surface area (Å²) < 4.78 is 0.862. The van der Waals surface area contributed by atoms with Crippen molar-refractivity contribution in [3.05, 3.63) is 16.0 Å². The summed E-state index contributed by atoms with van der Waals surface area (Å²) in [5, 5.41) is 0. The van der Waals surface area contributed by atoms with Crippen LogP contribution in [0.4, 0.5) is 0 Å². The Balaban J connectivity index is 3.00. The highest BCUT2D eigenvalue weighted by Crippen LogP contribution is 2.07. The van der Waals surface area contributed by atoms with E-state index in [1.165, 1.54) is 0 Å². The fourth-order valence-corrected chi connectivity index (χ4v) is 0.687. The maximum atomic E-state index is 4.04. The van der Waals surface area contributed by atoms with Crippen LogP contribution in [-0.2, 0) is 0 Å². The van der Waals surface area contributed by atoms with Crippen molar-refractivity contribution in [1.29, 1.82) is 0 Å². The Morgan fingerprint density at radius 3 is 3.22 bits per heavy atom. The van der Waals surface area contributed by atoms with E-state index in [1.807, 2.05) is 6.92 Å². The van der Waals surface area contributed by atoms with Gasteiger partial charge in [0, 0.05) is 11.8 Å². The van der Waals surface area contributed by atoms with Crippen LogP contribution in [0, 0.1) is 0 Å². The van der Waals surface area contributed by atoms with Crippen LogP contribution in [0.25, 0.3) is 0 Å². The van der Waals surface area contributed by atoms with Gasteiger partial charge in [-0.15, -0.1) is 0 Å². The van der Waals surface area contributed by atoms with Gasteiger partial charge in [-0.2, -0.15) is 4.99 Å². The molecule has 2 nitrogen and oxygen atoms in total. The molecule has 0 N–H and O–H groups in total. The van der Waals surface area contributed by atoms with E-state index in [-0.39, 0.29) is 0 Å². The zero-order chi connectivity index (χ0) is 6.69. The third-order valence-corrected chi connectivity index (χ3v) is 1.34. The standard InChI is InChI=1S/C6H5IN2/c1-5-2-3-8-6(7)4-9-5/h2,4H,1H3. The van der Waals surface area contributed by atoms with Gasteiger partial charge in [0.15, 0.2) is 0 Å². The largest absolute Gasteiger partial charge is 0.258 e. The molecule has 0 aliphatic carbocycles. The van der Waals surface area contributed by atoms with Gasteiger partial charge in [-0.05, 0) is 35.4 Å². The average molecular weight is 232 g/mol. The molecule has 0 bridgehead atoms. The molecule has 0 aromatic rings. The van der Waals surface area contributed by atoms with Crippen LogP contribution in [0.1, 0.15) is 6.92 Å². The molecule has 9 heavy (non-hydrogen) atoms. The maximum Gasteiger partial charge on any atom is 0.129 e. The van der Waals surface area contributed by atoms with Crippen LogP contribution in [0.2, 0.25) is 0 Å². The van der Waals surface area contributed by atoms with E-state index in [2.05, 4.69) is 38.4 Å². The van der Waals surface area contributed by atoms with Gasteiger partial charge in [0.2, 0.25) is 0 Å². The molecule has 0 atom stereocenters. The van der Waals surface area contributed by atoms with Gasteiger partial charge in [0.25, 0.3) is 0 Å². The molecular formula is C6H5IN2. The van der Waals surface area contributed by atoms with Crippen LogP contribution < -0.4 is 0 Å². The molecule has 3 heteroatoms. The number of halogens is 1. The lowest BCUT2D eigenvalue weighted by Gasteiger charge is -1.79. The number of nitrogens with zero attached hydrogens (tertiary/aromatic N) is 2. The summed E-state index contributed by atoms with van der Waals surface area (Å²) >= 11 is 2.10. The van der Waals surface area contributed by atoms with Crippen LogP contribution in [0.15, 0.2) is 26.0 Å². The van der Waals surface area contributed by atoms with Crippen LogP contribution in [-0.4, -0.2) is 11.6 Å². The van der Waals surface area contributed by atoms with Gasteiger partial charge in [-0.25, -0.2) is 0 Å². The molecule has 0 fully saturated rings. The van der Waals surface area contributed by atoms with E-state index in [4.69, 9.17) is 0 Å². The zero-order valence-corrected chi connectivity index (χ0v) is 7.08. The Kier molecular flexibility index (Phi) is 2.19. The smallest absolute Gasteiger partial charge is 0.129 e. The molecule has 0 aromatic heterocycles. The van der Waals surface area contributed by atoms with E-state index < -0.39 is 0 Å². The third-order valence-electron chi connectivity index (χ3n) is 0.820. The second-order valence-electron chi connectivity index (χ2n) is 1.61. The number of hydrogen-bond acceptors (Lipinski definition) is 2. The van der Waals surface area contributed by atoms with Crippen molar-refractivity contribution in [2.24, 2.45) is 9.98 Å². The summed E-state index contributed by atoms with van der Waals surface area (Å²) in [6.45, 7) is 1.91. The van der Waals surface area contributed by atoms with Crippen LogP contribution in [0.3, 0.4) is 0 Å². The summed E-state index contributed by atoms with van der Waals surface area (Å²) in [6.07, 6.45) is 3.47. The van der Waals surface area contributed by atoms with Gasteiger partial charge in [0.1, 0.15) is 3.70 Å². The Morgan fingerprint density at radius 2 is 2.44 bits per heavy atom. The first kappa shape index (κ1) is 6.71. The molecule has 1 rings (SSSR count). The van der Waals surface area contributed by atoms with Crippen LogP contribution in [0.5, 0.6) is 0 Å². The molecule has 0 spiro atoms. The average Bonchev–Trinajstić information content (AvgIpc) is 1.97. The number of rotatable bonds is 0. The first-order valence-corrected chi connectivity index (χ1v) is 3.56. The first-order valence-electron chi connectivity index (χ1n) is 2.48. The van der Waals surface area contributed by atoms with Crippen molar-refractivity contribution in [3.63, 3.8) is 0 Å². The van der Waals surface area contributed by atoms with Crippen molar-refractivity contribution >= 4 is 34.2 Å². The number of aliphatic imine (C=N–C) groups is 2. The molecule has 1 aliphatic rings. The number of allylic oxidation sites excluding steroid dienone is 1. The van der Waals surface area contributed by atoms with Gasteiger partial charge in [-0.3, -0.25) is 4.99 Å². The highest BCUT2D eigenvalue weighted by atomic mass is 127. The minimum absolute atomic E-state index is 0.862. The highest BCUT2D eigenvalue weighted by molar-refractivity contribution is 14.1. The normalized spacial score (nSPS) is 16.7. The summed E-state index contributed by atoms with van der Waals surface area (Å²) in [4.78, 5) is 7.94. The van der Waals surface area contributed by atoms with Gasteiger partial charge >= 0.3 is 0 Å². The van der Waals surface area contributed by atoms with Crippen molar-refractivity contribution in [1.82, 2.24) is 0 Å². The Hall–Kier alpha value is -0.410. The van der Waals surface area contributed by atoms with E-state index in [0.29, 0.717) is 0 Å². The minimum atomic E-state index is 0.862. The van der Waals surface area contributed by atoms with Crippen molar-refractivity contribution in [3.8, 4) is 0 Å². The van der Waals surface area contributed by atoms with Crippen molar-refractivity contribution in [2.45, 2.75) is 6.92 Å². The first-order chi connectivity index (χ1) is 4.29. The molecular weight excluding hydrogens is 227 g/mol. The predicted molar refractivity (Wildman–Crippen MR) is 47.2 cm³/mol. The third kappa shape index (κ3) is 2.11. The minimum Gasteiger partial charge on any atom is -0.258 e. The predicted octanol–water partition coefficient (Wildman–Crippen LogP) is 1.92. The summed E-state index contributed by atoms with van der Waals surface area (Å²) in [7, 11) is 0. The SMILES string of the molecule is CC1=NC=C(I)N=C=C1. The molecule has 0 aromatic carbocycles. The van der Waals surface area contributed by atoms with E-state index in [1.54, 1.807) is 12.3 Å². The zero-order valence-electron chi connectivity index (χ0n) is 4.93. The maximum absolute atomic E-state index is 4.04. The molecule has 0 amide bonds. The molecule has 0 radical (unpaired) electrons. The van der Waals surface area contributed by atoms with Gasteiger partial charge in [0.05, 0.1) is 6.20 Å². The fourth-order valence-electron chi connectivity index (χ4n) is 0.409. The number of hydrogen-bond donors (Lipinski definition) is 0. The second kappa shape index (κ2) is 2.94. The summed E-state index contributed by atoms with van der Waals surface area (Å²) in [6, 6.07) is 0. The van der Waals surface area contributed by atoms with Crippen molar-refractivity contribution in [2.75, 3.05) is 0 Å². The van der Waals surface area contributed by atoms with E-state index in [0.717, 1.165) is 9.42 Å². The van der Waals surface area contributed by atoms with Crippen molar-refractivity contribution < 1.29 is 0 Å². The molecule has 0 saturated heterocycles. The van der Waals surface area contributed by atoms with Gasteiger partial charge in [-0.1, -0.05) is 0 Å². The van der Waals surface area contributed by atoms with E-state index >= 15 is 0 Å². The fraction of sp³-hybridized carbons (Fsp3) is 0.167. The van der Waals surface area contributed by atoms with E-state index in [9.17, 15) is 0 Å². The van der Waals surface area contributed by atoms with Gasteiger partial charge < -0.3 is 0 Å². The van der Waals surface area contributed by atoms with Crippen LogP contribution >= 0.6 is 22.6 Å². The second-order valence-corrected chi connectivity index (χ2v) is 2.71. The summed E-state index contributed by atoms with van der Waals surface area (Å²) in [5.41, 5.74) is 0.936. The monoisotopic (exact) mass is 232 g/mol. The lowest BCUT2D eigenvalue weighted by Crippen LogP contribution is -1.79. The highest BCUT2D eigenvalue weighted by Gasteiger charge is 1.86. The Morgan fingerprint density at radius 1 is 1.67 bits per heavy atom. The molecule has 1 heterocycles. The molecule has 0 saturated carbocycles. The Labute approximate surface area is 67.2 Å². The lowest BCUT2D eigenvalue weighted by atomic mass is 10.4. The quantitative estimate of drug-likeness (QED) is 0.450. The Bertz CT molecular complexity index is 209. The molecule has 46 valence electrons. The molecule has 1 aliphatic heterocycles. The summed E-state index contributed by atoms with van der Waals surface area (Å²) in [5.74, 6) is 2.74.